The van der Waals surface area contributed by atoms with Crippen molar-refractivity contribution in [1.29, 1.82) is 0 Å². The zero-order valence-corrected chi connectivity index (χ0v) is 11.8. The number of halogens is 1. The number of nitrogens with zero attached hydrogens (tertiary/aromatic N) is 1. The van der Waals surface area contributed by atoms with Crippen LogP contribution in [0.3, 0.4) is 0 Å². The van der Waals surface area contributed by atoms with Gasteiger partial charge in [-0.05, 0) is 13.0 Å². The number of alkyl halides is 1. The average Bonchev–Trinajstić information content (AvgIpc) is 2.37. The van der Waals surface area contributed by atoms with Crippen molar-refractivity contribution in [2.24, 2.45) is 0 Å². The fourth-order valence-electron chi connectivity index (χ4n) is 1.20. The van der Waals surface area contributed by atoms with Crippen molar-refractivity contribution >= 4 is 25.1 Å². The summed E-state index contributed by atoms with van der Waals surface area (Å²) in [6.45, 7) is 1.61. The van der Waals surface area contributed by atoms with Crippen LogP contribution in [0.1, 0.15) is 6.92 Å². The number of hydrogen-bond acceptors (Lipinski definition) is 6. The minimum Gasteiger partial charge on any atom is -0.397 e. The second kappa shape index (κ2) is 7.45. The number of benzene rings is 1. The van der Waals surface area contributed by atoms with Crippen LogP contribution in [0.5, 0.6) is 5.75 Å². The van der Waals surface area contributed by atoms with Crippen LogP contribution in [0.2, 0.25) is 0 Å². The van der Waals surface area contributed by atoms with Gasteiger partial charge in [-0.1, -0.05) is 12.1 Å². The maximum absolute atomic E-state index is 12.2. The van der Waals surface area contributed by atoms with E-state index in [4.69, 9.17) is 25.2 Å². The minimum atomic E-state index is -3.91. The summed E-state index contributed by atoms with van der Waals surface area (Å²) in [6, 6.07) is 5.53. The minimum absolute atomic E-state index is 0.0561. The molecule has 0 aromatic heterocycles. The molecule has 1 rings (SSSR count). The lowest BCUT2D eigenvalue weighted by molar-refractivity contribution is -0.385. The van der Waals surface area contributed by atoms with E-state index in [-0.39, 0.29) is 30.5 Å². The Bertz CT molecular complexity index is 483. The van der Waals surface area contributed by atoms with E-state index in [1.165, 1.54) is 24.3 Å². The summed E-state index contributed by atoms with van der Waals surface area (Å²) in [4.78, 5) is 10.2. The molecule has 9 heteroatoms. The van der Waals surface area contributed by atoms with E-state index in [0.717, 1.165) is 0 Å². The predicted octanol–water partition coefficient (Wildman–Crippen LogP) is 3.37. The van der Waals surface area contributed by atoms with Gasteiger partial charge in [-0.15, -0.1) is 11.6 Å². The molecule has 0 fully saturated rings. The normalized spacial score (nSPS) is 13.8. The summed E-state index contributed by atoms with van der Waals surface area (Å²) in [5, 5.41) is 10.8. The Morgan fingerprint density at radius 2 is 2.05 bits per heavy atom. The van der Waals surface area contributed by atoms with Gasteiger partial charge in [0.25, 0.3) is 0 Å². The lowest BCUT2D eigenvalue weighted by Gasteiger charge is -2.17. The van der Waals surface area contributed by atoms with Crippen LogP contribution in [-0.2, 0) is 13.6 Å². The largest absolute Gasteiger partial charge is 0.530 e. The van der Waals surface area contributed by atoms with Crippen molar-refractivity contribution in [3.05, 3.63) is 34.4 Å². The molecule has 0 aliphatic rings. The number of nitro benzene ring substituents is 1. The highest BCUT2D eigenvalue weighted by molar-refractivity contribution is 7.48. The van der Waals surface area contributed by atoms with Gasteiger partial charge in [0.15, 0.2) is 0 Å². The molecule has 0 heterocycles. The standard InChI is InChI=1S/C10H13ClNO6P/c1-2-16-19(15,17-8-7-11)18-10-6-4-3-5-9(10)12(13)14/h3-6H,2,7-8H2,1H3. The number of nitro groups is 1. The zero-order valence-electron chi connectivity index (χ0n) is 10.2. The van der Waals surface area contributed by atoms with E-state index in [1.54, 1.807) is 6.92 Å². The van der Waals surface area contributed by atoms with Gasteiger partial charge in [0, 0.05) is 11.9 Å². The van der Waals surface area contributed by atoms with Gasteiger partial charge >= 0.3 is 13.5 Å². The van der Waals surface area contributed by atoms with E-state index < -0.39 is 12.7 Å². The summed E-state index contributed by atoms with van der Waals surface area (Å²) in [5.41, 5.74) is -0.322. The molecule has 0 aliphatic carbocycles. The smallest absolute Gasteiger partial charge is 0.397 e. The first-order valence-corrected chi connectivity index (χ1v) is 7.40. The molecule has 7 nitrogen and oxygen atoms in total. The lowest BCUT2D eigenvalue weighted by atomic mass is 10.3. The molecule has 1 atom stereocenters. The zero-order chi connectivity index (χ0) is 14.3. The number of hydrogen-bond donors (Lipinski definition) is 0. The quantitative estimate of drug-likeness (QED) is 0.316. The molecule has 0 bridgehead atoms. The molecule has 0 saturated carbocycles. The number of phosphoric acid groups is 1. The Balaban J connectivity index is 2.96. The third kappa shape index (κ3) is 4.80. The predicted molar refractivity (Wildman–Crippen MR) is 69.6 cm³/mol. The number of phosphoric ester groups is 1. The van der Waals surface area contributed by atoms with Gasteiger partial charge in [-0.3, -0.25) is 19.2 Å². The molecule has 19 heavy (non-hydrogen) atoms. The van der Waals surface area contributed by atoms with E-state index in [0.29, 0.717) is 0 Å². The summed E-state index contributed by atoms with van der Waals surface area (Å²) >= 11 is 5.43. The summed E-state index contributed by atoms with van der Waals surface area (Å²) in [5.74, 6) is -0.0871. The van der Waals surface area contributed by atoms with Crippen molar-refractivity contribution in [2.75, 3.05) is 19.1 Å². The molecule has 1 unspecified atom stereocenters. The number of para-hydroxylation sites is 2. The van der Waals surface area contributed by atoms with Crippen LogP contribution in [0.25, 0.3) is 0 Å². The summed E-state index contributed by atoms with van der Waals surface area (Å²) in [6.07, 6.45) is 0. The SMILES string of the molecule is CCOP(=O)(OCCCl)Oc1ccccc1[N+](=O)[O-]. The number of rotatable bonds is 8. The van der Waals surface area contributed by atoms with Crippen LogP contribution in [-0.4, -0.2) is 24.0 Å². The van der Waals surface area contributed by atoms with Crippen molar-refractivity contribution in [1.82, 2.24) is 0 Å². The van der Waals surface area contributed by atoms with E-state index in [9.17, 15) is 14.7 Å². The first-order chi connectivity index (χ1) is 9.02. The third-order valence-electron chi connectivity index (χ3n) is 1.89. The van der Waals surface area contributed by atoms with Crippen LogP contribution in [0, 0.1) is 10.1 Å². The van der Waals surface area contributed by atoms with E-state index in [2.05, 4.69) is 0 Å². The monoisotopic (exact) mass is 309 g/mol. The van der Waals surface area contributed by atoms with Crippen molar-refractivity contribution in [3.8, 4) is 5.75 Å². The van der Waals surface area contributed by atoms with Gasteiger partial charge in [0.2, 0.25) is 5.75 Å². The molecule has 0 saturated heterocycles. The Kier molecular flexibility index (Phi) is 6.24. The fraction of sp³-hybridized carbons (Fsp3) is 0.400. The van der Waals surface area contributed by atoms with Crippen LogP contribution < -0.4 is 4.52 Å². The average molecular weight is 310 g/mol. The molecule has 106 valence electrons. The van der Waals surface area contributed by atoms with Crippen molar-refractivity contribution in [3.63, 3.8) is 0 Å². The second-order valence-electron chi connectivity index (χ2n) is 3.20. The molecule has 0 aliphatic heterocycles. The fourth-order valence-corrected chi connectivity index (χ4v) is 2.59. The van der Waals surface area contributed by atoms with Crippen LogP contribution in [0.15, 0.2) is 24.3 Å². The lowest BCUT2D eigenvalue weighted by Crippen LogP contribution is -2.05. The second-order valence-corrected chi connectivity index (χ2v) is 5.17. The molecular formula is C10H13ClNO6P. The van der Waals surface area contributed by atoms with E-state index in [1.807, 2.05) is 0 Å². The third-order valence-corrected chi connectivity index (χ3v) is 3.53. The highest BCUT2D eigenvalue weighted by Crippen LogP contribution is 2.51. The first-order valence-electron chi connectivity index (χ1n) is 5.40. The molecule has 1 aromatic rings. The molecule has 0 spiro atoms. The highest BCUT2D eigenvalue weighted by Gasteiger charge is 2.31. The molecular weight excluding hydrogens is 297 g/mol. The Morgan fingerprint density at radius 1 is 1.37 bits per heavy atom. The van der Waals surface area contributed by atoms with Gasteiger partial charge < -0.3 is 4.52 Å². The first kappa shape index (κ1) is 15.9. The summed E-state index contributed by atoms with van der Waals surface area (Å²) in [7, 11) is -3.91. The van der Waals surface area contributed by atoms with Gasteiger partial charge in [0.1, 0.15) is 0 Å². The van der Waals surface area contributed by atoms with Crippen LogP contribution >= 0.6 is 19.4 Å². The highest BCUT2D eigenvalue weighted by atomic mass is 35.5. The Morgan fingerprint density at radius 3 is 2.63 bits per heavy atom. The maximum Gasteiger partial charge on any atom is 0.530 e. The Hall–Kier alpha value is -1.14. The van der Waals surface area contributed by atoms with E-state index >= 15 is 0 Å². The van der Waals surface area contributed by atoms with Gasteiger partial charge in [-0.2, -0.15) is 0 Å². The van der Waals surface area contributed by atoms with Gasteiger partial charge in [-0.25, -0.2) is 4.57 Å². The van der Waals surface area contributed by atoms with Gasteiger partial charge in [0.05, 0.1) is 18.1 Å². The molecule has 1 aromatic carbocycles. The molecule has 0 amide bonds. The molecule has 0 N–H and O–H groups in total. The summed E-state index contributed by atoms with van der Waals surface area (Å²) < 4.78 is 27.0. The Labute approximate surface area is 115 Å². The maximum atomic E-state index is 12.2. The topological polar surface area (TPSA) is 87.9 Å². The van der Waals surface area contributed by atoms with Crippen LogP contribution in [0.4, 0.5) is 5.69 Å². The molecule has 0 radical (unpaired) electrons. The van der Waals surface area contributed by atoms with Crippen molar-refractivity contribution < 1.29 is 23.1 Å². The van der Waals surface area contributed by atoms with Crippen molar-refractivity contribution in [2.45, 2.75) is 6.92 Å².